The molecule has 21 heavy (non-hydrogen) atoms. The predicted octanol–water partition coefficient (Wildman–Crippen LogP) is 4.76. The number of hydrogen-bond acceptors (Lipinski definition) is 2. The van der Waals surface area contributed by atoms with Crippen LogP contribution in [0.3, 0.4) is 0 Å². The number of pyridine rings is 2. The molecule has 0 atom stereocenters. The Morgan fingerprint density at radius 2 is 1.57 bits per heavy atom. The molecule has 4 aromatic rings. The normalized spacial score (nSPS) is 11.1. The molecule has 0 N–H and O–H groups in total. The summed E-state index contributed by atoms with van der Waals surface area (Å²) in [7, 11) is 0. The molecule has 0 saturated heterocycles. The zero-order valence-corrected chi connectivity index (χ0v) is 11.7. The number of aryl methyl sites for hydroxylation is 1. The molecule has 2 aromatic heterocycles. The summed E-state index contributed by atoms with van der Waals surface area (Å²) in [5, 5.41) is 2.29. The minimum absolute atomic E-state index is 0.970. The minimum atomic E-state index is 0.970. The molecule has 2 aromatic carbocycles. The van der Waals surface area contributed by atoms with Crippen LogP contribution >= 0.6 is 0 Å². The van der Waals surface area contributed by atoms with Crippen LogP contribution < -0.4 is 0 Å². The lowest BCUT2D eigenvalue weighted by atomic mass is 10.1. The lowest BCUT2D eigenvalue weighted by Crippen LogP contribution is -1.89. The van der Waals surface area contributed by atoms with E-state index in [0.29, 0.717) is 0 Å². The van der Waals surface area contributed by atoms with Crippen molar-refractivity contribution in [1.82, 2.24) is 9.97 Å². The second kappa shape index (κ2) is 4.67. The Kier molecular flexibility index (Phi) is 2.68. The summed E-state index contributed by atoms with van der Waals surface area (Å²) in [5.41, 5.74) is 5.29. The molecule has 2 heteroatoms. The molecule has 2 heterocycles. The second-order valence-electron chi connectivity index (χ2n) is 5.22. The largest absolute Gasteiger partial charge is 0.254 e. The minimum Gasteiger partial charge on any atom is -0.254 e. The van der Waals surface area contributed by atoms with Crippen molar-refractivity contribution in [2.75, 3.05) is 0 Å². The van der Waals surface area contributed by atoms with E-state index in [1.807, 2.05) is 30.5 Å². The van der Waals surface area contributed by atoms with Crippen molar-refractivity contribution >= 4 is 21.8 Å². The van der Waals surface area contributed by atoms with E-state index in [9.17, 15) is 0 Å². The Morgan fingerprint density at radius 3 is 2.43 bits per heavy atom. The van der Waals surface area contributed by atoms with E-state index in [-0.39, 0.29) is 0 Å². The van der Waals surface area contributed by atoms with Crippen LogP contribution in [0.4, 0.5) is 0 Å². The molecule has 0 radical (unpaired) electrons. The van der Waals surface area contributed by atoms with Gasteiger partial charge in [0.15, 0.2) is 0 Å². The van der Waals surface area contributed by atoms with Crippen molar-refractivity contribution in [3.8, 4) is 11.3 Å². The summed E-state index contributed by atoms with van der Waals surface area (Å²) in [4.78, 5) is 9.39. The number of rotatable bonds is 1. The standard InChI is InChI=1S/C19H14N2/c1-13-11-12-20-19-16(13)9-7-15-8-10-17(21-18(15)19)14-5-3-2-4-6-14/h2-12H,1H3. The maximum absolute atomic E-state index is 4.85. The molecule has 0 fully saturated rings. The number of nitrogens with zero attached hydrogens (tertiary/aromatic N) is 2. The highest BCUT2D eigenvalue weighted by Gasteiger charge is 2.07. The van der Waals surface area contributed by atoms with E-state index < -0.39 is 0 Å². The lowest BCUT2D eigenvalue weighted by Gasteiger charge is -2.07. The molecular weight excluding hydrogens is 256 g/mol. The van der Waals surface area contributed by atoms with E-state index in [0.717, 1.165) is 27.7 Å². The van der Waals surface area contributed by atoms with Crippen LogP contribution in [0.1, 0.15) is 5.56 Å². The van der Waals surface area contributed by atoms with Gasteiger partial charge in [-0.25, -0.2) is 4.98 Å². The van der Waals surface area contributed by atoms with Crippen LogP contribution in [0.15, 0.2) is 66.9 Å². The Bertz CT molecular complexity index is 943. The maximum atomic E-state index is 4.85. The number of fused-ring (bicyclic) bond motifs is 3. The van der Waals surface area contributed by atoms with Gasteiger partial charge in [0.05, 0.1) is 16.7 Å². The van der Waals surface area contributed by atoms with Gasteiger partial charge < -0.3 is 0 Å². The van der Waals surface area contributed by atoms with E-state index in [2.05, 4.69) is 48.3 Å². The van der Waals surface area contributed by atoms with E-state index >= 15 is 0 Å². The van der Waals surface area contributed by atoms with Crippen molar-refractivity contribution in [1.29, 1.82) is 0 Å². The molecular formula is C19H14N2. The predicted molar refractivity (Wildman–Crippen MR) is 87.2 cm³/mol. The summed E-state index contributed by atoms with van der Waals surface area (Å²) in [6.07, 6.45) is 1.86. The van der Waals surface area contributed by atoms with Crippen LogP contribution in [0.2, 0.25) is 0 Å². The summed E-state index contributed by atoms with van der Waals surface area (Å²) < 4.78 is 0. The molecule has 0 amide bonds. The first-order valence-corrected chi connectivity index (χ1v) is 7.03. The van der Waals surface area contributed by atoms with Gasteiger partial charge in [0.2, 0.25) is 0 Å². The van der Waals surface area contributed by atoms with Crippen molar-refractivity contribution in [3.63, 3.8) is 0 Å². The van der Waals surface area contributed by atoms with Gasteiger partial charge in [0, 0.05) is 22.5 Å². The number of aromatic nitrogens is 2. The quantitative estimate of drug-likeness (QED) is 0.466. The van der Waals surface area contributed by atoms with Gasteiger partial charge in [-0.1, -0.05) is 48.5 Å². The van der Waals surface area contributed by atoms with Gasteiger partial charge in [-0.3, -0.25) is 4.98 Å². The first-order chi connectivity index (χ1) is 10.3. The van der Waals surface area contributed by atoms with Crippen LogP contribution in [-0.4, -0.2) is 9.97 Å². The smallest absolute Gasteiger partial charge is 0.0972 e. The summed E-state index contributed by atoms with van der Waals surface area (Å²) in [6.45, 7) is 2.11. The summed E-state index contributed by atoms with van der Waals surface area (Å²) in [5.74, 6) is 0. The fourth-order valence-electron chi connectivity index (χ4n) is 2.71. The first kappa shape index (κ1) is 12.0. The zero-order chi connectivity index (χ0) is 14.2. The van der Waals surface area contributed by atoms with E-state index in [4.69, 9.17) is 4.98 Å². The lowest BCUT2D eigenvalue weighted by molar-refractivity contribution is 1.35. The summed E-state index contributed by atoms with van der Waals surface area (Å²) >= 11 is 0. The van der Waals surface area contributed by atoms with E-state index in [1.165, 1.54) is 10.9 Å². The SMILES string of the molecule is Cc1ccnc2c1ccc1ccc(-c3ccccc3)nc12. The van der Waals surface area contributed by atoms with Crippen LogP contribution in [0, 0.1) is 6.92 Å². The molecule has 0 aliphatic rings. The van der Waals surface area contributed by atoms with Gasteiger partial charge in [0.1, 0.15) is 0 Å². The molecule has 0 aliphatic carbocycles. The van der Waals surface area contributed by atoms with Gasteiger partial charge in [-0.05, 0) is 24.6 Å². The highest BCUT2D eigenvalue weighted by Crippen LogP contribution is 2.27. The average Bonchev–Trinajstić information content (AvgIpc) is 2.55. The zero-order valence-electron chi connectivity index (χ0n) is 11.7. The Morgan fingerprint density at radius 1 is 0.762 bits per heavy atom. The average molecular weight is 270 g/mol. The van der Waals surface area contributed by atoms with Gasteiger partial charge in [-0.2, -0.15) is 0 Å². The van der Waals surface area contributed by atoms with Crippen LogP contribution in [0.25, 0.3) is 33.1 Å². The third kappa shape index (κ3) is 1.96. The van der Waals surface area contributed by atoms with E-state index in [1.54, 1.807) is 0 Å². The molecule has 0 spiro atoms. The molecule has 0 aliphatic heterocycles. The fourth-order valence-corrected chi connectivity index (χ4v) is 2.71. The summed E-state index contributed by atoms with van der Waals surface area (Å²) in [6, 6.07) is 20.7. The Balaban J connectivity index is 2.06. The molecule has 0 bridgehead atoms. The molecule has 0 saturated carbocycles. The third-order valence-electron chi connectivity index (χ3n) is 3.86. The number of benzene rings is 2. The maximum Gasteiger partial charge on any atom is 0.0972 e. The molecule has 0 unspecified atom stereocenters. The topological polar surface area (TPSA) is 25.8 Å². The number of hydrogen-bond donors (Lipinski definition) is 0. The third-order valence-corrected chi connectivity index (χ3v) is 3.86. The van der Waals surface area contributed by atoms with Gasteiger partial charge in [-0.15, -0.1) is 0 Å². The van der Waals surface area contributed by atoms with Crippen molar-refractivity contribution in [3.05, 3.63) is 72.4 Å². The molecule has 2 nitrogen and oxygen atoms in total. The van der Waals surface area contributed by atoms with Crippen LogP contribution in [-0.2, 0) is 0 Å². The highest BCUT2D eigenvalue weighted by molar-refractivity contribution is 6.04. The van der Waals surface area contributed by atoms with Crippen molar-refractivity contribution < 1.29 is 0 Å². The van der Waals surface area contributed by atoms with Crippen molar-refractivity contribution in [2.45, 2.75) is 6.92 Å². The first-order valence-electron chi connectivity index (χ1n) is 7.03. The molecule has 100 valence electrons. The van der Waals surface area contributed by atoms with Crippen molar-refractivity contribution in [2.24, 2.45) is 0 Å². The Hall–Kier alpha value is -2.74. The second-order valence-corrected chi connectivity index (χ2v) is 5.22. The van der Waals surface area contributed by atoms with Gasteiger partial charge >= 0.3 is 0 Å². The molecule has 4 rings (SSSR count). The van der Waals surface area contributed by atoms with Crippen LogP contribution in [0.5, 0.6) is 0 Å². The monoisotopic (exact) mass is 270 g/mol. The fraction of sp³-hybridized carbons (Fsp3) is 0.0526. The van der Waals surface area contributed by atoms with Gasteiger partial charge in [0.25, 0.3) is 0 Å². The highest BCUT2D eigenvalue weighted by atomic mass is 14.8. The Labute approximate surface area is 123 Å².